The van der Waals surface area contributed by atoms with E-state index in [9.17, 15) is 13.6 Å². The molecule has 0 aliphatic carbocycles. The molecule has 0 atom stereocenters. The third-order valence-corrected chi connectivity index (χ3v) is 3.35. The highest BCUT2D eigenvalue weighted by Gasteiger charge is 2.22. The highest BCUT2D eigenvalue weighted by atomic mass is 127. The fraction of sp³-hybridized carbons (Fsp3) is 0.455. The van der Waals surface area contributed by atoms with Crippen molar-refractivity contribution in [3.8, 4) is 5.75 Å². The van der Waals surface area contributed by atoms with Crippen molar-refractivity contribution in [1.29, 1.82) is 0 Å². The Morgan fingerprint density at radius 2 is 2.22 bits per heavy atom. The third-order valence-electron chi connectivity index (χ3n) is 2.16. The topological polar surface area (TPSA) is 48.4 Å². The van der Waals surface area contributed by atoms with Crippen molar-refractivity contribution in [3.05, 3.63) is 21.0 Å². The van der Waals surface area contributed by atoms with Crippen LogP contribution in [0.3, 0.4) is 0 Å². The van der Waals surface area contributed by atoms with E-state index in [4.69, 9.17) is 9.47 Å². The van der Waals surface area contributed by atoms with Crippen molar-refractivity contribution in [2.45, 2.75) is 19.8 Å². The van der Waals surface area contributed by atoms with Crippen LogP contribution in [0.4, 0.5) is 8.78 Å². The number of alkyl halides is 2. The minimum atomic E-state index is -2.74. The second-order valence-corrected chi connectivity index (χ2v) is 4.37. The predicted octanol–water partition coefficient (Wildman–Crippen LogP) is 2.74. The Morgan fingerprint density at radius 1 is 1.56 bits per heavy atom. The molecular weight excluding hydrogens is 359 g/mol. The van der Waals surface area contributed by atoms with Gasteiger partial charge in [-0.25, -0.2) is 8.78 Å². The van der Waals surface area contributed by atoms with Crippen LogP contribution in [0.1, 0.15) is 24.6 Å². The first-order valence-corrected chi connectivity index (χ1v) is 6.24. The maximum Gasteiger partial charge on any atom is 0.310 e. The fourth-order valence-corrected chi connectivity index (χ4v) is 2.21. The monoisotopic (exact) mass is 371 g/mol. The van der Waals surface area contributed by atoms with Crippen molar-refractivity contribution in [1.82, 2.24) is 4.98 Å². The first-order chi connectivity index (χ1) is 8.51. The van der Waals surface area contributed by atoms with Gasteiger partial charge in [0.2, 0.25) is 0 Å². The summed E-state index contributed by atoms with van der Waals surface area (Å²) in [6, 6.07) is 0. The normalized spacial score (nSPS) is 10.6. The maximum atomic E-state index is 12.8. The van der Waals surface area contributed by atoms with E-state index in [-0.39, 0.29) is 18.6 Å². The number of ether oxygens (including phenoxy) is 2. The summed E-state index contributed by atoms with van der Waals surface area (Å²) >= 11 is 1.86. The lowest BCUT2D eigenvalue weighted by atomic mass is 10.1. The van der Waals surface area contributed by atoms with Crippen LogP contribution in [0.2, 0.25) is 0 Å². The molecule has 1 aromatic heterocycles. The molecule has 1 rings (SSSR count). The molecular formula is C11H12F2INO3. The van der Waals surface area contributed by atoms with Gasteiger partial charge in [-0.1, -0.05) is 0 Å². The van der Waals surface area contributed by atoms with Crippen LogP contribution >= 0.6 is 22.6 Å². The summed E-state index contributed by atoms with van der Waals surface area (Å²) in [5.41, 5.74) is -0.253. The number of rotatable bonds is 5. The van der Waals surface area contributed by atoms with Gasteiger partial charge in [0.15, 0.2) is 5.75 Å². The zero-order valence-electron chi connectivity index (χ0n) is 9.87. The first kappa shape index (κ1) is 15.1. The van der Waals surface area contributed by atoms with Gasteiger partial charge in [0.25, 0.3) is 6.43 Å². The van der Waals surface area contributed by atoms with Gasteiger partial charge in [0, 0.05) is 5.56 Å². The number of carbonyl (C=O) groups is 1. The molecule has 1 aromatic rings. The van der Waals surface area contributed by atoms with Gasteiger partial charge in [-0.2, -0.15) is 0 Å². The quantitative estimate of drug-likeness (QED) is 0.590. The van der Waals surface area contributed by atoms with E-state index in [0.29, 0.717) is 9.32 Å². The van der Waals surface area contributed by atoms with Gasteiger partial charge >= 0.3 is 5.97 Å². The molecule has 18 heavy (non-hydrogen) atoms. The molecule has 7 heteroatoms. The van der Waals surface area contributed by atoms with Gasteiger partial charge in [-0.05, 0) is 29.5 Å². The second-order valence-electron chi connectivity index (χ2n) is 3.29. The standard InChI is InChI=1S/C11H12F2INO3/c1-3-18-8(16)4-6-9(14)7(17-2)5-15-10(6)11(12)13/h5,11H,3-4H2,1-2H3. The molecule has 0 aliphatic heterocycles. The molecule has 0 fully saturated rings. The summed E-state index contributed by atoms with van der Waals surface area (Å²) in [5.74, 6) is -0.202. The lowest BCUT2D eigenvalue weighted by Gasteiger charge is -2.12. The number of hydrogen-bond donors (Lipinski definition) is 0. The van der Waals surface area contributed by atoms with Crippen molar-refractivity contribution < 1.29 is 23.0 Å². The second kappa shape index (κ2) is 6.81. The fourth-order valence-electron chi connectivity index (χ4n) is 1.38. The lowest BCUT2D eigenvalue weighted by molar-refractivity contribution is -0.142. The van der Waals surface area contributed by atoms with E-state index in [2.05, 4.69) is 4.98 Å². The summed E-state index contributed by atoms with van der Waals surface area (Å²) < 4.78 is 35.8. The van der Waals surface area contributed by atoms with Crippen LogP contribution in [0, 0.1) is 3.57 Å². The summed E-state index contributed by atoms with van der Waals surface area (Å²) in [6.45, 7) is 1.86. The predicted molar refractivity (Wildman–Crippen MR) is 68.8 cm³/mol. The van der Waals surface area contributed by atoms with Gasteiger partial charge in [-0.3, -0.25) is 9.78 Å². The van der Waals surface area contributed by atoms with Crippen molar-refractivity contribution in [3.63, 3.8) is 0 Å². The van der Waals surface area contributed by atoms with E-state index >= 15 is 0 Å². The molecule has 0 bridgehead atoms. The van der Waals surface area contributed by atoms with E-state index in [0.717, 1.165) is 0 Å². The van der Waals surface area contributed by atoms with Crippen LogP contribution in [0.15, 0.2) is 6.20 Å². The average molecular weight is 371 g/mol. The van der Waals surface area contributed by atoms with E-state index < -0.39 is 18.1 Å². The number of carbonyl (C=O) groups excluding carboxylic acids is 1. The molecule has 0 radical (unpaired) electrons. The van der Waals surface area contributed by atoms with Crippen LogP contribution in [0.25, 0.3) is 0 Å². The number of pyridine rings is 1. The Morgan fingerprint density at radius 3 is 2.72 bits per heavy atom. The third kappa shape index (κ3) is 3.50. The summed E-state index contributed by atoms with van der Waals surface area (Å²) in [4.78, 5) is 15.0. The Balaban J connectivity index is 3.15. The van der Waals surface area contributed by atoms with E-state index in [1.807, 2.05) is 22.6 Å². The SMILES string of the molecule is CCOC(=O)Cc1c(C(F)F)ncc(OC)c1I. The summed E-state index contributed by atoms with van der Waals surface area (Å²) in [6.07, 6.45) is -1.76. The minimum absolute atomic E-state index is 0.156. The van der Waals surface area contributed by atoms with Crippen LogP contribution in [-0.2, 0) is 16.0 Å². The Hall–Kier alpha value is -0.990. The zero-order valence-corrected chi connectivity index (χ0v) is 12.0. The van der Waals surface area contributed by atoms with Gasteiger partial charge in [0.05, 0.1) is 29.9 Å². The van der Waals surface area contributed by atoms with Crippen molar-refractivity contribution in [2.24, 2.45) is 0 Å². The zero-order chi connectivity index (χ0) is 13.7. The Bertz CT molecular complexity index is 441. The van der Waals surface area contributed by atoms with Gasteiger partial charge in [-0.15, -0.1) is 0 Å². The van der Waals surface area contributed by atoms with Crippen molar-refractivity contribution in [2.75, 3.05) is 13.7 Å². The number of halogens is 3. The van der Waals surface area contributed by atoms with Crippen LogP contribution in [0.5, 0.6) is 5.75 Å². The number of hydrogen-bond acceptors (Lipinski definition) is 4. The summed E-state index contributed by atoms with van der Waals surface area (Å²) in [7, 11) is 1.41. The lowest BCUT2D eigenvalue weighted by Crippen LogP contribution is -2.12. The molecule has 4 nitrogen and oxygen atoms in total. The highest BCUT2D eigenvalue weighted by molar-refractivity contribution is 14.1. The number of esters is 1. The van der Waals surface area contributed by atoms with Crippen LogP contribution in [-0.4, -0.2) is 24.7 Å². The largest absolute Gasteiger partial charge is 0.494 e. The van der Waals surface area contributed by atoms with E-state index in [1.54, 1.807) is 6.92 Å². The number of aromatic nitrogens is 1. The number of nitrogens with zero attached hydrogens (tertiary/aromatic N) is 1. The molecule has 1 heterocycles. The minimum Gasteiger partial charge on any atom is -0.494 e. The molecule has 0 aliphatic rings. The molecule has 0 saturated heterocycles. The summed E-state index contributed by atoms with van der Waals surface area (Å²) in [5, 5.41) is 0. The average Bonchev–Trinajstić information content (AvgIpc) is 2.31. The molecule has 100 valence electrons. The van der Waals surface area contributed by atoms with Gasteiger partial charge < -0.3 is 9.47 Å². The molecule has 0 amide bonds. The van der Waals surface area contributed by atoms with Crippen LogP contribution < -0.4 is 4.74 Å². The highest BCUT2D eigenvalue weighted by Crippen LogP contribution is 2.30. The molecule has 0 saturated carbocycles. The van der Waals surface area contributed by atoms with Crippen molar-refractivity contribution >= 4 is 28.6 Å². The van der Waals surface area contributed by atoms with Gasteiger partial charge in [0.1, 0.15) is 5.69 Å². The maximum absolute atomic E-state index is 12.8. The molecule has 0 spiro atoms. The first-order valence-electron chi connectivity index (χ1n) is 5.16. The Kier molecular flexibility index (Phi) is 5.70. The van der Waals surface area contributed by atoms with E-state index in [1.165, 1.54) is 13.3 Å². The Labute approximate surface area is 117 Å². The molecule has 0 unspecified atom stereocenters. The number of methoxy groups -OCH3 is 1. The molecule has 0 N–H and O–H groups in total. The smallest absolute Gasteiger partial charge is 0.310 e. The molecule has 0 aromatic carbocycles.